The number of nitrogens with one attached hydrogen (secondary N) is 1. The molecule has 0 unspecified atom stereocenters. The minimum absolute atomic E-state index is 0.0152. The molecular formula is C24H19FN4O5. The number of anilines is 1. The number of hydrogen-bond donors (Lipinski definition) is 2. The fourth-order valence-electron chi connectivity index (χ4n) is 4.03. The molecule has 2 aliphatic rings. The van der Waals surface area contributed by atoms with E-state index in [-0.39, 0.29) is 31.6 Å². The summed E-state index contributed by atoms with van der Waals surface area (Å²) in [5, 5.41) is 15.4. The van der Waals surface area contributed by atoms with Gasteiger partial charge in [-0.2, -0.15) is 0 Å². The molecule has 172 valence electrons. The van der Waals surface area contributed by atoms with Gasteiger partial charge in [-0.3, -0.25) is 14.6 Å². The van der Waals surface area contributed by atoms with Crippen molar-refractivity contribution in [3.8, 4) is 5.75 Å². The van der Waals surface area contributed by atoms with Crippen molar-refractivity contribution in [3.63, 3.8) is 0 Å². The predicted octanol–water partition coefficient (Wildman–Crippen LogP) is 2.74. The maximum atomic E-state index is 14.2. The lowest BCUT2D eigenvalue weighted by Crippen LogP contribution is -2.30. The Morgan fingerprint density at radius 1 is 1.21 bits per heavy atom. The highest BCUT2D eigenvalue weighted by Crippen LogP contribution is 2.36. The van der Waals surface area contributed by atoms with Gasteiger partial charge in [0.1, 0.15) is 11.6 Å². The molecule has 0 bridgehead atoms. The highest BCUT2D eigenvalue weighted by molar-refractivity contribution is 6.54. The molecule has 0 spiro atoms. The molecule has 34 heavy (non-hydrogen) atoms. The van der Waals surface area contributed by atoms with E-state index in [4.69, 9.17) is 9.47 Å². The number of rotatable bonds is 5. The molecule has 2 N–H and O–H groups in total. The molecule has 0 aliphatic carbocycles. The van der Waals surface area contributed by atoms with E-state index in [0.29, 0.717) is 40.2 Å². The van der Waals surface area contributed by atoms with Crippen LogP contribution in [-0.4, -0.2) is 34.5 Å². The highest BCUT2D eigenvalue weighted by atomic mass is 19.1. The zero-order chi connectivity index (χ0) is 23.7. The molecule has 3 heterocycles. The summed E-state index contributed by atoms with van der Waals surface area (Å²) >= 11 is 0. The van der Waals surface area contributed by atoms with Gasteiger partial charge in [0.25, 0.3) is 11.8 Å². The van der Waals surface area contributed by atoms with Crippen LogP contribution in [0.1, 0.15) is 32.6 Å². The SMILES string of the molecule is O=C(NCc1ccncc1)c1ccc2c(c1)N(Cc1cc(F)cc3c1OCOC3)C(=O)/C2=N\O. The summed E-state index contributed by atoms with van der Waals surface area (Å²) < 4.78 is 25.0. The average Bonchev–Trinajstić information content (AvgIpc) is 3.12. The van der Waals surface area contributed by atoms with Crippen molar-refractivity contribution >= 4 is 23.2 Å². The molecule has 0 fully saturated rings. The Kier molecular flexibility index (Phi) is 5.64. The van der Waals surface area contributed by atoms with E-state index in [9.17, 15) is 19.2 Å². The van der Waals surface area contributed by atoms with Crippen molar-refractivity contribution in [2.45, 2.75) is 19.7 Å². The highest BCUT2D eigenvalue weighted by Gasteiger charge is 2.36. The van der Waals surface area contributed by atoms with Gasteiger partial charge in [-0.25, -0.2) is 4.39 Å². The summed E-state index contributed by atoms with van der Waals surface area (Å²) in [5.74, 6) is -0.959. The third kappa shape index (κ3) is 3.95. The minimum atomic E-state index is -0.572. The number of pyridine rings is 1. The molecule has 1 aromatic heterocycles. The van der Waals surface area contributed by atoms with Crippen LogP contribution < -0.4 is 15.0 Å². The molecule has 0 radical (unpaired) electrons. The Balaban J connectivity index is 1.45. The summed E-state index contributed by atoms with van der Waals surface area (Å²) in [6.45, 7) is 0.462. The van der Waals surface area contributed by atoms with Gasteiger partial charge >= 0.3 is 0 Å². The van der Waals surface area contributed by atoms with E-state index >= 15 is 0 Å². The van der Waals surface area contributed by atoms with Crippen LogP contribution >= 0.6 is 0 Å². The van der Waals surface area contributed by atoms with Crippen molar-refractivity contribution in [2.75, 3.05) is 11.7 Å². The number of amides is 2. The summed E-state index contributed by atoms with van der Waals surface area (Å²) in [6.07, 6.45) is 3.27. The standard InChI is InChI=1S/C24H19FN4O5/c25-18-7-16(22-17(8-18)12-33-13-34-22)11-29-20-9-15(1-2-19(20)21(28-32)24(29)31)23(30)27-10-14-3-5-26-6-4-14/h1-9,32H,10-13H2,(H,27,30)/b28-21-. The number of oxime groups is 1. The Labute approximate surface area is 193 Å². The predicted molar refractivity (Wildman–Crippen MR) is 118 cm³/mol. The number of halogens is 1. The average molecular weight is 462 g/mol. The van der Waals surface area contributed by atoms with Crippen molar-refractivity contribution in [2.24, 2.45) is 5.16 Å². The van der Waals surface area contributed by atoms with Crippen LogP contribution in [0.15, 0.2) is 60.0 Å². The van der Waals surface area contributed by atoms with Crippen molar-refractivity contribution in [3.05, 3.63) is 88.5 Å². The van der Waals surface area contributed by atoms with Crippen molar-refractivity contribution in [1.29, 1.82) is 0 Å². The van der Waals surface area contributed by atoms with E-state index in [1.165, 1.54) is 17.0 Å². The van der Waals surface area contributed by atoms with Crippen molar-refractivity contribution in [1.82, 2.24) is 10.3 Å². The summed E-state index contributed by atoms with van der Waals surface area (Å²) in [7, 11) is 0. The van der Waals surface area contributed by atoms with E-state index < -0.39 is 11.7 Å². The second-order valence-electron chi connectivity index (χ2n) is 7.77. The van der Waals surface area contributed by atoms with E-state index in [0.717, 1.165) is 5.56 Å². The smallest absolute Gasteiger partial charge is 0.281 e. The van der Waals surface area contributed by atoms with Gasteiger partial charge in [-0.15, -0.1) is 0 Å². The molecule has 0 saturated carbocycles. The molecule has 3 aromatic rings. The number of fused-ring (bicyclic) bond motifs is 2. The maximum absolute atomic E-state index is 14.2. The normalized spacial score (nSPS) is 15.6. The Morgan fingerprint density at radius 3 is 2.82 bits per heavy atom. The molecule has 2 aromatic carbocycles. The van der Waals surface area contributed by atoms with Crippen LogP contribution in [0, 0.1) is 5.82 Å². The van der Waals surface area contributed by atoms with Gasteiger partial charge in [0, 0.05) is 41.2 Å². The van der Waals surface area contributed by atoms with Crippen LogP contribution in [0.5, 0.6) is 5.75 Å². The number of aromatic nitrogens is 1. The van der Waals surface area contributed by atoms with Crippen LogP contribution in [0.4, 0.5) is 10.1 Å². The Hall–Kier alpha value is -4.31. The molecule has 0 atom stereocenters. The minimum Gasteiger partial charge on any atom is -0.467 e. The van der Waals surface area contributed by atoms with Crippen LogP contribution in [0.25, 0.3) is 0 Å². The van der Waals surface area contributed by atoms with Gasteiger partial charge in [-0.05, 0) is 48.0 Å². The fourth-order valence-corrected chi connectivity index (χ4v) is 4.03. The van der Waals surface area contributed by atoms with E-state index in [2.05, 4.69) is 15.5 Å². The lowest BCUT2D eigenvalue weighted by Gasteiger charge is -2.24. The maximum Gasteiger partial charge on any atom is 0.281 e. The first-order valence-electron chi connectivity index (χ1n) is 10.4. The lowest BCUT2D eigenvalue weighted by molar-refractivity contribution is -0.112. The molecule has 2 aliphatic heterocycles. The number of carbonyl (C=O) groups is 2. The van der Waals surface area contributed by atoms with Crippen LogP contribution in [0.3, 0.4) is 0 Å². The topological polar surface area (TPSA) is 113 Å². The largest absolute Gasteiger partial charge is 0.467 e. The summed E-state index contributed by atoms with van der Waals surface area (Å²) in [6, 6.07) is 10.8. The molecule has 9 nitrogen and oxygen atoms in total. The summed E-state index contributed by atoms with van der Waals surface area (Å²) in [4.78, 5) is 31.0. The zero-order valence-corrected chi connectivity index (χ0v) is 17.8. The number of ether oxygens (including phenoxy) is 2. The molecule has 5 rings (SSSR count). The molecule has 0 saturated heterocycles. The molecule has 10 heteroatoms. The number of nitrogens with zero attached hydrogens (tertiary/aromatic N) is 3. The number of carbonyl (C=O) groups excluding carboxylic acids is 2. The third-order valence-electron chi connectivity index (χ3n) is 5.64. The second-order valence-corrected chi connectivity index (χ2v) is 7.77. The van der Waals surface area contributed by atoms with Gasteiger partial charge in [0.15, 0.2) is 12.5 Å². The van der Waals surface area contributed by atoms with Gasteiger partial charge in [0.2, 0.25) is 0 Å². The molecule has 2 amide bonds. The Bertz CT molecular complexity index is 1310. The number of benzene rings is 2. The third-order valence-corrected chi connectivity index (χ3v) is 5.64. The first kappa shape index (κ1) is 21.5. The van der Waals surface area contributed by atoms with E-state index in [1.807, 2.05) is 0 Å². The monoisotopic (exact) mass is 462 g/mol. The van der Waals surface area contributed by atoms with Gasteiger partial charge in [-0.1, -0.05) is 5.16 Å². The lowest BCUT2D eigenvalue weighted by atomic mass is 10.1. The summed E-state index contributed by atoms with van der Waals surface area (Å²) in [5.41, 5.74) is 2.75. The van der Waals surface area contributed by atoms with Gasteiger partial charge in [0.05, 0.1) is 18.8 Å². The second kappa shape index (κ2) is 8.91. The fraction of sp³-hybridized carbons (Fsp3) is 0.167. The van der Waals surface area contributed by atoms with Crippen LogP contribution in [0.2, 0.25) is 0 Å². The quantitative estimate of drug-likeness (QED) is 0.445. The van der Waals surface area contributed by atoms with Crippen molar-refractivity contribution < 1.29 is 28.7 Å². The van der Waals surface area contributed by atoms with Gasteiger partial charge < -0.3 is 24.9 Å². The first-order chi connectivity index (χ1) is 16.5. The molecular weight excluding hydrogens is 443 g/mol. The zero-order valence-electron chi connectivity index (χ0n) is 17.8. The Morgan fingerprint density at radius 2 is 2.03 bits per heavy atom. The van der Waals surface area contributed by atoms with Crippen LogP contribution in [-0.2, 0) is 29.2 Å². The number of hydrogen-bond acceptors (Lipinski definition) is 7. The van der Waals surface area contributed by atoms with E-state index in [1.54, 1.807) is 42.7 Å². The first-order valence-corrected chi connectivity index (χ1v) is 10.4.